The Morgan fingerprint density at radius 1 is 1.09 bits per heavy atom. The normalized spacial score (nSPS) is 14.9. The number of benzene rings is 2. The van der Waals surface area contributed by atoms with Crippen LogP contribution in [0.3, 0.4) is 0 Å². The van der Waals surface area contributed by atoms with Gasteiger partial charge in [0.2, 0.25) is 0 Å². The van der Waals surface area contributed by atoms with Crippen molar-refractivity contribution in [2.75, 3.05) is 6.61 Å². The van der Waals surface area contributed by atoms with E-state index in [1.807, 2.05) is 67.6 Å². The quantitative estimate of drug-likeness (QED) is 0.409. The van der Waals surface area contributed by atoms with E-state index in [1.165, 1.54) is 0 Å². The lowest BCUT2D eigenvalue weighted by molar-refractivity contribution is 0.0887. The summed E-state index contributed by atoms with van der Waals surface area (Å²) in [7, 11) is 0. The summed E-state index contributed by atoms with van der Waals surface area (Å²) in [5.74, 6) is 1.24. The molecule has 0 spiro atoms. The van der Waals surface area contributed by atoms with Crippen LogP contribution in [0.25, 0.3) is 22.2 Å². The molecule has 0 saturated carbocycles. The van der Waals surface area contributed by atoms with Crippen LogP contribution < -0.4 is 10.4 Å². The average molecular weight is 454 g/mol. The highest BCUT2D eigenvalue weighted by atomic mass is 16.5. The van der Waals surface area contributed by atoms with Crippen LogP contribution in [0.4, 0.5) is 0 Å². The van der Waals surface area contributed by atoms with E-state index in [4.69, 9.17) is 14.0 Å². The van der Waals surface area contributed by atoms with Crippen molar-refractivity contribution in [2.24, 2.45) is 0 Å². The fourth-order valence-electron chi connectivity index (χ4n) is 4.55. The first-order chi connectivity index (χ1) is 16.7. The molecule has 1 atom stereocenters. The molecular formula is C26H22N4O4. The van der Waals surface area contributed by atoms with Crippen molar-refractivity contribution in [2.45, 2.75) is 26.2 Å². The molecule has 170 valence electrons. The van der Waals surface area contributed by atoms with E-state index in [0.29, 0.717) is 29.2 Å². The summed E-state index contributed by atoms with van der Waals surface area (Å²) in [6, 6.07) is 19.1. The molecule has 1 aliphatic heterocycles. The summed E-state index contributed by atoms with van der Waals surface area (Å²) < 4.78 is 19.6. The molecule has 0 saturated heterocycles. The smallest absolute Gasteiger partial charge is 0.327 e. The molecule has 3 aromatic heterocycles. The molecule has 34 heavy (non-hydrogen) atoms. The first kappa shape index (κ1) is 20.4. The molecule has 6 rings (SSSR count). The molecule has 8 nitrogen and oxygen atoms in total. The van der Waals surface area contributed by atoms with E-state index in [9.17, 15) is 4.79 Å². The molecule has 8 heteroatoms. The van der Waals surface area contributed by atoms with E-state index in [2.05, 4.69) is 15.1 Å². The highest BCUT2D eigenvalue weighted by Crippen LogP contribution is 2.43. The molecule has 1 unspecified atom stereocenters. The maximum atomic E-state index is 12.9. The number of pyridine rings is 1. The first-order valence-corrected chi connectivity index (χ1v) is 11.1. The molecule has 0 bridgehead atoms. The van der Waals surface area contributed by atoms with Gasteiger partial charge in [-0.3, -0.25) is 9.55 Å². The fourth-order valence-corrected chi connectivity index (χ4v) is 4.55. The number of ether oxygens (including phenoxy) is 2. The third kappa shape index (κ3) is 3.39. The van der Waals surface area contributed by atoms with E-state index >= 15 is 0 Å². The lowest BCUT2D eigenvalue weighted by Gasteiger charge is -2.26. The Balaban J connectivity index is 1.40. The number of H-pyrrole nitrogens is 1. The molecule has 1 aliphatic rings. The Bertz CT molecular complexity index is 1520. The van der Waals surface area contributed by atoms with Crippen LogP contribution in [-0.4, -0.2) is 26.3 Å². The molecular weight excluding hydrogens is 432 g/mol. The van der Waals surface area contributed by atoms with Crippen LogP contribution in [0.15, 0.2) is 76.2 Å². The predicted molar refractivity (Wildman–Crippen MR) is 126 cm³/mol. The van der Waals surface area contributed by atoms with Gasteiger partial charge in [-0.1, -0.05) is 41.6 Å². The molecule has 4 heterocycles. The van der Waals surface area contributed by atoms with Gasteiger partial charge in [0.15, 0.2) is 11.5 Å². The number of nitrogens with one attached hydrogen (secondary N) is 1. The molecule has 1 N–H and O–H groups in total. The van der Waals surface area contributed by atoms with Gasteiger partial charge in [0, 0.05) is 11.8 Å². The number of aryl methyl sites for hydroxylation is 1. The molecule has 5 aromatic rings. The van der Waals surface area contributed by atoms with Crippen molar-refractivity contribution < 1.29 is 14.0 Å². The standard InChI is InChI=1S/C26H22N4O4/c1-16-23(22(34-29-16)15-32-13-17-7-3-2-4-8-17)18-10-11-20-24-25(18)33-14-21(30(24)26(31)28-20)19-9-5-6-12-27-19/h2-12,21H,13-15H2,1H3,(H,28,31). The number of hydrogen-bond acceptors (Lipinski definition) is 6. The average Bonchev–Trinajstić information content (AvgIpc) is 3.41. The number of imidazole rings is 1. The minimum absolute atomic E-state index is 0.194. The van der Waals surface area contributed by atoms with Crippen molar-refractivity contribution in [1.82, 2.24) is 19.7 Å². The minimum Gasteiger partial charge on any atom is -0.488 e. The van der Waals surface area contributed by atoms with E-state index in [-0.39, 0.29) is 24.9 Å². The lowest BCUT2D eigenvalue weighted by atomic mass is 10.0. The summed E-state index contributed by atoms with van der Waals surface area (Å²) in [4.78, 5) is 20.3. The van der Waals surface area contributed by atoms with Crippen molar-refractivity contribution in [1.29, 1.82) is 0 Å². The van der Waals surface area contributed by atoms with E-state index in [0.717, 1.165) is 28.1 Å². The number of aromatic amines is 1. The van der Waals surface area contributed by atoms with E-state index < -0.39 is 0 Å². The van der Waals surface area contributed by atoms with Crippen LogP contribution in [0.2, 0.25) is 0 Å². The molecule has 0 amide bonds. The topological polar surface area (TPSA) is 95.2 Å². The fraction of sp³-hybridized carbons (Fsp3) is 0.192. The van der Waals surface area contributed by atoms with Gasteiger partial charge in [-0.15, -0.1) is 0 Å². The Labute approximate surface area is 194 Å². The van der Waals surface area contributed by atoms with Gasteiger partial charge in [-0.2, -0.15) is 0 Å². The van der Waals surface area contributed by atoms with Gasteiger partial charge in [0.05, 0.1) is 29.1 Å². The molecule has 0 aliphatic carbocycles. The lowest BCUT2D eigenvalue weighted by Crippen LogP contribution is -2.31. The zero-order chi connectivity index (χ0) is 23.1. The molecule has 0 radical (unpaired) electrons. The van der Waals surface area contributed by atoms with Crippen molar-refractivity contribution in [3.63, 3.8) is 0 Å². The van der Waals surface area contributed by atoms with Crippen LogP contribution in [0.5, 0.6) is 5.75 Å². The largest absolute Gasteiger partial charge is 0.488 e. The Morgan fingerprint density at radius 2 is 1.94 bits per heavy atom. The summed E-state index contributed by atoms with van der Waals surface area (Å²) in [5.41, 5.74) is 5.45. The van der Waals surface area contributed by atoms with Crippen molar-refractivity contribution in [3.05, 3.63) is 100 Å². The van der Waals surface area contributed by atoms with Gasteiger partial charge in [-0.25, -0.2) is 4.79 Å². The number of nitrogens with zero attached hydrogens (tertiary/aromatic N) is 3. The number of aromatic nitrogens is 4. The SMILES string of the molecule is Cc1noc(COCc2ccccc2)c1-c1ccc2[nH]c(=O)n3c2c1OCC3c1ccccn1. The second-order valence-electron chi connectivity index (χ2n) is 8.26. The first-order valence-electron chi connectivity index (χ1n) is 11.1. The minimum atomic E-state index is -0.317. The summed E-state index contributed by atoms with van der Waals surface area (Å²) in [6.07, 6.45) is 1.72. The molecule has 0 fully saturated rings. The summed E-state index contributed by atoms with van der Waals surface area (Å²) in [6.45, 7) is 2.91. The van der Waals surface area contributed by atoms with Crippen molar-refractivity contribution >= 4 is 11.0 Å². The number of hydrogen-bond donors (Lipinski definition) is 1. The van der Waals surface area contributed by atoms with Crippen LogP contribution in [0.1, 0.15) is 28.8 Å². The Kier molecular flexibility index (Phi) is 5.00. The van der Waals surface area contributed by atoms with Gasteiger partial charge >= 0.3 is 5.69 Å². The maximum absolute atomic E-state index is 12.9. The molecule has 2 aromatic carbocycles. The Hall–Kier alpha value is -4.17. The van der Waals surface area contributed by atoms with Gasteiger partial charge in [0.25, 0.3) is 0 Å². The zero-order valence-corrected chi connectivity index (χ0v) is 18.5. The monoisotopic (exact) mass is 454 g/mol. The van der Waals surface area contributed by atoms with E-state index in [1.54, 1.807) is 10.8 Å². The summed E-state index contributed by atoms with van der Waals surface area (Å²) >= 11 is 0. The second-order valence-corrected chi connectivity index (χ2v) is 8.26. The predicted octanol–water partition coefficient (Wildman–Crippen LogP) is 4.39. The highest BCUT2D eigenvalue weighted by Gasteiger charge is 2.31. The van der Waals surface area contributed by atoms with Gasteiger partial charge < -0.3 is 19.0 Å². The highest BCUT2D eigenvalue weighted by molar-refractivity contribution is 5.92. The van der Waals surface area contributed by atoms with Crippen molar-refractivity contribution in [3.8, 4) is 16.9 Å². The van der Waals surface area contributed by atoms with Gasteiger partial charge in [-0.05, 0) is 36.8 Å². The maximum Gasteiger partial charge on any atom is 0.327 e. The summed E-state index contributed by atoms with van der Waals surface area (Å²) in [5, 5.41) is 4.19. The van der Waals surface area contributed by atoms with Crippen LogP contribution in [0, 0.1) is 6.92 Å². The van der Waals surface area contributed by atoms with Crippen LogP contribution in [-0.2, 0) is 18.0 Å². The Morgan fingerprint density at radius 3 is 2.76 bits per heavy atom. The third-order valence-electron chi connectivity index (χ3n) is 6.11. The number of rotatable bonds is 6. The second kappa shape index (κ2) is 8.31. The third-order valence-corrected chi connectivity index (χ3v) is 6.11. The van der Waals surface area contributed by atoms with Crippen LogP contribution >= 0.6 is 0 Å². The zero-order valence-electron chi connectivity index (χ0n) is 18.5. The van der Waals surface area contributed by atoms with Gasteiger partial charge in [0.1, 0.15) is 24.8 Å².